The molecular formula is C15H12N2O2. The van der Waals surface area contributed by atoms with E-state index in [1.807, 2.05) is 31.2 Å². The van der Waals surface area contributed by atoms with Gasteiger partial charge < -0.3 is 9.84 Å². The molecule has 0 aliphatic carbocycles. The monoisotopic (exact) mass is 252 g/mol. The summed E-state index contributed by atoms with van der Waals surface area (Å²) in [6, 6.07) is 13.2. The molecule has 0 saturated heterocycles. The molecule has 94 valence electrons. The van der Waals surface area contributed by atoms with Gasteiger partial charge in [-0.15, -0.1) is 0 Å². The third kappa shape index (κ3) is 2.33. The summed E-state index contributed by atoms with van der Waals surface area (Å²) in [5, 5.41) is 11.9. The second-order valence-corrected chi connectivity index (χ2v) is 4.25. The summed E-state index contributed by atoms with van der Waals surface area (Å²) in [6.07, 6.45) is 1.62. The number of phenolic OH excluding ortho intramolecular Hbond substituents is 1. The molecule has 0 spiro atoms. The SMILES string of the molecule is Cc1ccnc(Oc2cc3ccccc3cc2O)n1. The molecule has 0 aliphatic heterocycles. The van der Waals surface area contributed by atoms with Gasteiger partial charge in [-0.1, -0.05) is 24.3 Å². The van der Waals surface area contributed by atoms with Crippen molar-refractivity contribution in [3.8, 4) is 17.5 Å². The summed E-state index contributed by atoms with van der Waals surface area (Å²) >= 11 is 0. The van der Waals surface area contributed by atoms with Crippen molar-refractivity contribution < 1.29 is 9.84 Å². The highest BCUT2D eigenvalue weighted by molar-refractivity contribution is 5.85. The zero-order valence-electron chi connectivity index (χ0n) is 10.4. The van der Waals surface area contributed by atoms with E-state index >= 15 is 0 Å². The Labute approximate surface area is 110 Å². The molecule has 3 rings (SSSR count). The highest BCUT2D eigenvalue weighted by Crippen LogP contribution is 2.33. The number of nitrogens with zero attached hydrogens (tertiary/aromatic N) is 2. The van der Waals surface area contributed by atoms with Gasteiger partial charge in [0.15, 0.2) is 11.5 Å². The first kappa shape index (κ1) is 11.5. The minimum Gasteiger partial charge on any atom is -0.504 e. The number of rotatable bonds is 2. The van der Waals surface area contributed by atoms with Crippen LogP contribution in [0.3, 0.4) is 0 Å². The van der Waals surface area contributed by atoms with E-state index in [1.165, 1.54) is 0 Å². The Morgan fingerprint density at radius 1 is 1.05 bits per heavy atom. The number of aromatic nitrogens is 2. The Morgan fingerprint density at radius 2 is 1.79 bits per heavy atom. The fourth-order valence-corrected chi connectivity index (χ4v) is 1.86. The molecule has 3 aromatic rings. The van der Waals surface area contributed by atoms with Crippen LogP contribution in [0.4, 0.5) is 0 Å². The lowest BCUT2D eigenvalue weighted by atomic mass is 10.1. The van der Waals surface area contributed by atoms with Gasteiger partial charge in [-0.25, -0.2) is 9.97 Å². The maximum Gasteiger partial charge on any atom is 0.322 e. The Balaban J connectivity index is 2.03. The normalized spacial score (nSPS) is 10.6. The number of hydrogen-bond acceptors (Lipinski definition) is 4. The van der Waals surface area contributed by atoms with E-state index in [0.29, 0.717) is 5.75 Å². The Morgan fingerprint density at radius 3 is 2.53 bits per heavy atom. The molecule has 0 unspecified atom stereocenters. The fraction of sp³-hybridized carbons (Fsp3) is 0.0667. The summed E-state index contributed by atoms with van der Waals surface area (Å²) in [5.41, 5.74) is 0.810. The minimum absolute atomic E-state index is 0.0730. The van der Waals surface area contributed by atoms with Crippen LogP contribution >= 0.6 is 0 Å². The Bertz CT molecular complexity index is 741. The predicted molar refractivity (Wildman–Crippen MR) is 72.5 cm³/mol. The first-order valence-electron chi connectivity index (χ1n) is 5.91. The molecule has 0 amide bonds. The first-order valence-corrected chi connectivity index (χ1v) is 5.91. The maximum absolute atomic E-state index is 9.96. The quantitative estimate of drug-likeness (QED) is 0.759. The maximum atomic E-state index is 9.96. The molecule has 0 fully saturated rings. The van der Waals surface area contributed by atoms with Crippen LogP contribution in [-0.2, 0) is 0 Å². The van der Waals surface area contributed by atoms with Crippen molar-refractivity contribution in [1.29, 1.82) is 0 Å². The topological polar surface area (TPSA) is 55.2 Å². The molecule has 0 saturated carbocycles. The lowest BCUT2D eigenvalue weighted by molar-refractivity contribution is 0.392. The molecule has 0 aliphatic rings. The molecule has 0 atom stereocenters. The van der Waals surface area contributed by atoms with Crippen LogP contribution in [0.1, 0.15) is 5.69 Å². The summed E-state index contributed by atoms with van der Waals surface area (Å²) in [4.78, 5) is 8.16. The predicted octanol–water partition coefficient (Wildman–Crippen LogP) is 3.44. The van der Waals surface area contributed by atoms with Gasteiger partial charge >= 0.3 is 6.01 Å². The Kier molecular flexibility index (Phi) is 2.76. The third-order valence-electron chi connectivity index (χ3n) is 2.80. The van der Waals surface area contributed by atoms with Crippen LogP contribution in [0.2, 0.25) is 0 Å². The molecule has 0 bridgehead atoms. The van der Waals surface area contributed by atoms with Crippen molar-refractivity contribution >= 4 is 10.8 Å². The van der Waals surface area contributed by atoms with E-state index < -0.39 is 0 Å². The summed E-state index contributed by atoms with van der Waals surface area (Å²) < 4.78 is 5.53. The van der Waals surface area contributed by atoms with Gasteiger partial charge in [-0.2, -0.15) is 0 Å². The summed E-state index contributed by atoms with van der Waals surface area (Å²) in [5.74, 6) is 0.424. The molecule has 0 radical (unpaired) electrons. The van der Waals surface area contributed by atoms with Crippen molar-refractivity contribution in [3.63, 3.8) is 0 Å². The standard InChI is InChI=1S/C15H12N2O2/c1-10-6-7-16-15(17-10)19-14-9-12-5-3-2-4-11(12)8-13(14)18/h2-9,18H,1H3. The van der Waals surface area contributed by atoms with Crippen LogP contribution in [0.5, 0.6) is 17.5 Å². The summed E-state index contributed by atoms with van der Waals surface area (Å²) in [6.45, 7) is 1.86. The van der Waals surface area contributed by atoms with E-state index in [2.05, 4.69) is 9.97 Å². The van der Waals surface area contributed by atoms with Gasteiger partial charge in [0.2, 0.25) is 0 Å². The number of aryl methyl sites for hydroxylation is 1. The van der Waals surface area contributed by atoms with Crippen LogP contribution in [-0.4, -0.2) is 15.1 Å². The van der Waals surface area contributed by atoms with E-state index in [1.54, 1.807) is 24.4 Å². The van der Waals surface area contributed by atoms with Crippen molar-refractivity contribution in [2.24, 2.45) is 0 Å². The zero-order valence-corrected chi connectivity index (χ0v) is 10.4. The number of phenols is 1. The van der Waals surface area contributed by atoms with Gasteiger partial charge in [0.05, 0.1) is 0 Å². The van der Waals surface area contributed by atoms with E-state index in [0.717, 1.165) is 16.5 Å². The van der Waals surface area contributed by atoms with Gasteiger partial charge in [0.25, 0.3) is 0 Å². The van der Waals surface area contributed by atoms with Gasteiger partial charge in [-0.05, 0) is 35.9 Å². The number of fused-ring (bicyclic) bond motifs is 1. The number of benzene rings is 2. The Hall–Kier alpha value is -2.62. The van der Waals surface area contributed by atoms with Crippen molar-refractivity contribution in [2.45, 2.75) is 6.92 Å². The third-order valence-corrected chi connectivity index (χ3v) is 2.80. The lowest BCUT2D eigenvalue weighted by Gasteiger charge is -2.07. The molecule has 19 heavy (non-hydrogen) atoms. The van der Waals surface area contributed by atoms with Crippen LogP contribution < -0.4 is 4.74 Å². The zero-order chi connectivity index (χ0) is 13.2. The second kappa shape index (κ2) is 4.57. The largest absolute Gasteiger partial charge is 0.504 e. The van der Waals surface area contributed by atoms with E-state index in [9.17, 15) is 5.11 Å². The van der Waals surface area contributed by atoms with Gasteiger partial charge in [-0.3, -0.25) is 0 Å². The van der Waals surface area contributed by atoms with E-state index in [4.69, 9.17) is 4.74 Å². The van der Waals surface area contributed by atoms with Crippen molar-refractivity contribution in [2.75, 3.05) is 0 Å². The van der Waals surface area contributed by atoms with Crippen LogP contribution in [0.25, 0.3) is 10.8 Å². The smallest absolute Gasteiger partial charge is 0.322 e. The second-order valence-electron chi connectivity index (χ2n) is 4.25. The molecule has 1 aromatic heterocycles. The lowest BCUT2D eigenvalue weighted by Crippen LogP contribution is -1.93. The first-order chi connectivity index (χ1) is 9.22. The van der Waals surface area contributed by atoms with Crippen LogP contribution in [0.15, 0.2) is 48.7 Å². The highest BCUT2D eigenvalue weighted by Gasteiger charge is 2.07. The molecule has 2 aromatic carbocycles. The average Bonchev–Trinajstić information content (AvgIpc) is 2.40. The van der Waals surface area contributed by atoms with Crippen molar-refractivity contribution in [3.05, 3.63) is 54.4 Å². The summed E-state index contributed by atoms with van der Waals surface area (Å²) in [7, 11) is 0. The fourth-order valence-electron chi connectivity index (χ4n) is 1.86. The average molecular weight is 252 g/mol. The molecule has 1 N–H and O–H groups in total. The van der Waals surface area contributed by atoms with Crippen molar-refractivity contribution in [1.82, 2.24) is 9.97 Å². The van der Waals surface area contributed by atoms with Crippen LogP contribution in [0, 0.1) is 6.92 Å². The number of hydrogen-bond donors (Lipinski definition) is 1. The highest BCUT2D eigenvalue weighted by atomic mass is 16.5. The molecule has 4 heteroatoms. The van der Waals surface area contributed by atoms with Gasteiger partial charge in [0.1, 0.15) is 0 Å². The minimum atomic E-state index is 0.0730. The van der Waals surface area contributed by atoms with E-state index in [-0.39, 0.29) is 11.8 Å². The van der Waals surface area contributed by atoms with Gasteiger partial charge in [0, 0.05) is 11.9 Å². The molecule has 4 nitrogen and oxygen atoms in total. The number of aromatic hydroxyl groups is 1. The number of ether oxygens (including phenoxy) is 1. The molecular weight excluding hydrogens is 240 g/mol. The molecule has 1 heterocycles.